The Hall–Kier alpha value is -0.740. The summed E-state index contributed by atoms with van der Waals surface area (Å²) < 4.78 is 0. The molecule has 0 heterocycles. The van der Waals surface area contributed by atoms with Gasteiger partial charge in [-0.25, -0.2) is 0 Å². The lowest BCUT2D eigenvalue weighted by Gasteiger charge is -2.58. The second-order valence-corrected chi connectivity index (χ2v) is 8.97. The van der Waals surface area contributed by atoms with Crippen LogP contribution < -0.4 is 0 Å². The molecule has 5 unspecified atom stereocenters. The molecule has 0 aliphatic heterocycles. The van der Waals surface area contributed by atoms with Crippen LogP contribution in [0.4, 0.5) is 0 Å². The number of allylic oxidation sites excluding steroid dienone is 1. The van der Waals surface area contributed by atoms with Crippen molar-refractivity contribution < 1.29 is 5.11 Å². The highest BCUT2D eigenvalue weighted by Gasteiger charge is 2.58. The third-order valence-electron chi connectivity index (χ3n) is 8.29. The van der Waals surface area contributed by atoms with Gasteiger partial charge in [-0.05, 0) is 80.0 Å². The van der Waals surface area contributed by atoms with Gasteiger partial charge in [0, 0.05) is 5.92 Å². The molecule has 3 fully saturated rings. The summed E-state index contributed by atoms with van der Waals surface area (Å²) in [5.41, 5.74) is 2.34. The Bertz CT molecular complexity index is 541. The van der Waals surface area contributed by atoms with Crippen LogP contribution in [0.25, 0.3) is 0 Å². The van der Waals surface area contributed by atoms with Crippen molar-refractivity contribution in [2.45, 2.75) is 71.3 Å². The number of terminal acetylenes is 1. The van der Waals surface area contributed by atoms with Crippen LogP contribution >= 0.6 is 0 Å². The largest absolute Gasteiger partial charge is 0.389 e. The Morgan fingerprint density at radius 2 is 1.91 bits per heavy atom. The smallest absolute Gasteiger partial charge is 0.0724 e. The third kappa shape index (κ3) is 1.83. The van der Waals surface area contributed by atoms with Crippen molar-refractivity contribution in [2.24, 2.45) is 34.5 Å². The zero-order chi connectivity index (χ0) is 15.5. The number of hydrogen-bond donors (Lipinski definition) is 1. The summed E-state index contributed by atoms with van der Waals surface area (Å²) in [6.07, 6.45) is 17.8. The van der Waals surface area contributed by atoms with E-state index in [1.54, 1.807) is 5.57 Å². The van der Waals surface area contributed by atoms with Gasteiger partial charge in [-0.2, -0.15) is 0 Å². The second kappa shape index (κ2) is 4.88. The number of rotatable bonds is 0. The van der Waals surface area contributed by atoms with Gasteiger partial charge in [0.1, 0.15) is 0 Å². The van der Waals surface area contributed by atoms with Gasteiger partial charge in [0.2, 0.25) is 0 Å². The molecular formula is C21H30O. The molecule has 1 N–H and O–H groups in total. The van der Waals surface area contributed by atoms with Gasteiger partial charge in [0.15, 0.2) is 0 Å². The van der Waals surface area contributed by atoms with Crippen LogP contribution in [0, 0.1) is 46.8 Å². The number of aliphatic hydroxyl groups is 1. The van der Waals surface area contributed by atoms with Gasteiger partial charge in [0.05, 0.1) is 6.10 Å². The van der Waals surface area contributed by atoms with Gasteiger partial charge in [-0.15, -0.1) is 12.3 Å². The Kier molecular flexibility index (Phi) is 3.29. The van der Waals surface area contributed by atoms with Gasteiger partial charge < -0.3 is 5.11 Å². The molecule has 4 aliphatic carbocycles. The fourth-order valence-corrected chi connectivity index (χ4v) is 6.98. The quantitative estimate of drug-likeness (QED) is 0.513. The van der Waals surface area contributed by atoms with Crippen LogP contribution in [0.1, 0.15) is 65.2 Å². The molecule has 7 atom stereocenters. The Morgan fingerprint density at radius 3 is 2.68 bits per heavy atom. The summed E-state index contributed by atoms with van der Waals surface area (Å²) in [7, 11) is 0. The van der Waals surface area contributed by atoms with Crippen LogP contribution in [0.3, 0.4) is 0 Å². The Labute approximate surface area is 135 Å². The van der Waals surface area contributed by atoms with E-state index in [1.165, 1.54) is 44.9 Å². The first kappa shape index (κ1) is 14.8. The summed E-state index contributed by atoms with van der Waals surface area (Å²) in [4.78, 5) is 0. The van der Waals surface area contributed by atoms with Crippen LogP contribution in [0.15, 0.2) is 11.6 Å². The van der Waals surface area contributed by atoms with E-state index in [1.807, 2.05) is 0 Å². The predicted molar refractivity (Wildman–Crippen MR) is 90.0 cm³/mol. The van der Waals surface area contributed by atoms with E-state index in [4.69, 9.17) is 6.42 Å². The highest BCUT2D eigenvalue weighted by atomic mass is 16.3. The molecule has 0 aromatic heterocycles. The molecule has 22 heavy (non-hydrogen) atoms. The summed E-state index contributed by atoms with van der Waals surface area (Å²) in [5, 5.41) is 10.0. The molecule has 0 bridgehead atoms. The highest BCUT2D eigenvalue weighted by Crippen LogP contribution is 2.66. The fraction of sp³-hybridized carbons (Fsp3) is 0.810. The van der Waals surface area contributed by atoms with Crippen LogP contribution in [0.2, 0.25) is 0 Å². The minimum Gasteiger partial charge on any atom is -0.389 e. The second-order valence-electron chi connectivity index (χ2n) is 8.97. The minimum atomic E-state index is -0.189. The topological polar surface area (TPSA) is 20.2 Å². The summed E-state index contributed by atoms with van der Waals surface area (Å²) >= 11 is 0. The molecule has 0 saturated heterocycles. The van der Waals surface area contributed by atoms with Crippen molar-refractivity contribution in [2.75, 3.05) is 0 Å². The SMILES string of the molecule is C#C[C@H]1CCC2C3CCC4=C[C@@H](O)CCC4(C)C3CCC21C. The van der Waals surface area contributed by atoms with Crippen molar-refractivity contribution in [1.82, 2.24) is 0 Å². The van der Waals surface area contributed by atoms with Crippen molar-refractivity contribution in [3.8, 4) is 12.3 Å². The van der Waals surface area contributed by atoms with E-state index in [2.05, 4.69) is 25.8 Å². The zero-order valence-electron chi connectivity index (χ0n) is 14.1. The zero-order valence-corrected chi connectivity index (χ0v) is 14.1. The maximum absolute atomic E-state index is 10.0. The average molecular weight is 298 g/mol. The minimum absolute atomic E-state index is 0.189. The maximum atomic E-state index is 10.0. The summed E-state index contributed by atoms with van der Waals surface area (Å²) in [5.74, 6) is 6.18. The standard InChI is InChI=1S/C21H30O/c1-4-14-6-8-18-17-7-5-15-13-16(22)9-11-21(15,3)19(17)10-12-20(14,18)2/h1,13-14,16-19,22H,5-12H2,2-3H3/t14-,16-,17?,18?,19?,20?,21?/m0/s1. The van der Waals surface area contributed by atoms with E-state index in [-0.39, 0.29) is 6.10 Å². The summed E-state index contributed by atoms with van der Waals surface area (Å²) in [6.45, 7) is 4.99. The Morgan fingerprint density at radius 1 is 1.09 bits per heavy atom. The van der Waals surface area contributed by atoms with E-state index < -0.39 is 0 Å². The highest BCUT2D eigenvalue weighted by molar-refractivity contribution is 5.26. The van der Waals surface area contributed by atoms with E-state index in [0.29, 0.717) is 16.7 Å². The van der Waals surface area contributed by atoms with Crippen molar-refractivity contribution in [1.29, 1.82) is 0 Å². The molecule has 0 spiro atoms. The van der Waals surface area contributed by atoms with Crippen LogP contribution in [-0.2, 0) is 0 Å². The van der Waals surface area contributed by atoms with Crippen molar-refractivity contribution >= 4 is 0 Å². The molecule has 0 aromatic carbocycles. The monoisotopic (exact) mass is 298 g/mol. The van der Waals surface area contributed by atoms with Crippen LogP contribution in [0.5, 0.6) is 0 Å². The van der Waals surface area contributed by atoms with E-state index >= 15 is 0 Å². The maximum Gasteiger partial charge on any atom is 0.0724 e. The van der Waals surface area contributed by atoms with Gasteiger partial charge in [0.25, 0.3) is 0 Å². The number of hydrogen-bond acceptors (Lipinski definition) is 1. The molecule has 4 aliphatic rings. The van der Waals surface area contributed by atoms with E-state index in [0.717, 1.165) is 24.2 Å². The molecule has 1 heteroatoms. The molecule has 1 nitrogen and oxygen atoms in total. The number of aliphatic hydroxyl groups excluding tert-OH is 1. The van der Waals surface area contributed by atoms with Crippen LogP contribution in [-0.4, -0.2) is 11.2 Å². The molecule has 0 amide bonds. The molecule has 3 saturated carbocycles. The number of fused-ring (bicyclic) bond motifs is 5. The lowest BCUT2D eigenvalue weighted by atomic mass is 9.47. The molecule has 120 valence electrons. The lowest BCUT2D eigenvalue weighted by molar-refractivity contribution is -0.0486. The van der Waals surface area contributed by atoms with Gasteiger partial charge in [-0.3, -0.25) is 0 Å². The average Bonchev–Trinajstić information content (AvgIpc) is 2.84. The molecule has 4 rings (SSSR count). The van der Waals surface area contributed by atoms with Gasteiger partial charge in [-0.1, -0.05) is 25.5 Å². The first-order valence-corrected chi connectivity index (χ1v) is 9.34. The third-order valence-corrected chi connectivity index (χ3v) is 8.29. The fourth-order valence-electron chi connectivity index (χ4n) is 6.98. The Balaban J connectivity index is 1.67. The first-order valence-electron chi connectivity index (χ1n) is 9.34. The summed E-state index contributed by atoms with van der Waals surface area (Å²) in [6, 6.07) is 0. The molecular weight excluding hydrogens is 268 g/mol. The van der Waals surface area contributed by atoms with Crippen molar-refractivity contribution in [3.05, 3.63) is 11.6 Å². The van der Waals surface area contributed by atoms with E-state index in [9.17, 15) is 5.11 Å². The normalized spacial score (nSPS) is 53.7. The predicted octanol–water partition coefficient (Wildman–Crippen LogP) is 4.56. The molecule has 0 radical (unpaired) electrons. The lowest BCUT2D eigenvalue weighted by Crippen LogP contribution is -2.50. The van der Waals surface area contributed by atoms with Gasteiger partial charge >= 0.3 is 0 Å². The molecule has 0 aromatic rings. The van der Waals surface area contributed by atoms with Crippen molar-refractivity contribution in [3.63, 3.8) is 0 Å². The first-order chi connectivity index (χ1) is 10.5.